The first-order valence-corrected chi connectivity index (χ1v) is 19.9. The fourth-order valence-corrected chi connectivity index (χ4v) is 7.43. The van der Waals surface area contributed by atoms with Crippen LogP contribution in [0.25, 0.3) is 22.5 Å². The number of hydrogen-bond acceptors (Lipinski definition) is 10. The molecule has 0 saturated carbocycles. The zero-order valence-corrected chi connectivity index (χ0v) is 39.0. The van der Waals surface area contributed by atoms with Gasteiger partial charge >= 0.3 is 7.12 Å². The van der Waals surface area contributed by atoms with Crippen LogP contribution in [0, 0.1) is 10.7 Å². The van der Waals surface area contributed by atoms with E-state index in [2.05, 4.69) is 78.0 Å². The summed E-state index contributed by atoms with van der Waals surface area (Å²) in [5.74, 6) is 4.31. The van der Waals surface area contributed by atoms with Crippen molar-refractivity contribution >= 4 is 80.4 Å². The van der Waals surface area contributed by atoms with Gasteiger partial charge in [-0.1, -0.05) is 6.07 Å². The molecule has 0 N–H and O–H groups in total. The maximum absolute atomic E-state index is 6.16. The van der Waals surface area contributed by atoms with E-state index in [0.29, 0.717) is 11.5 Å². The third-order valence-electron chi connectivity index (χ3n) is 8.93. The Morgan fingerprint density at radius 3 is 1.19 bits per heavy atom. The van der Waals surface area contributed by atoms with Crippen molar-refractivity contribution in [3.05, 3.63) is 71.6 Å². The predicted molar refractivity (Wildman–Crippen MR) is 237 cm³/mol. The highest BCUT2D eigenvalue weighted by Crippen LogP contribution is 2.42. The highest BCUT2D eigenvalue weighted by Gasteiger charge is 2.52. The molecule has 1 saturated heterocycles. The number of ether oxygens (including phenoxy) is 6. The van der Waals surface area contributed by atoms with Gasteiger partial charge in [0.05, 0.1) is 76.0 Å². The molecule has 0 spiro atoms. The first-order chi connectivity index (χ1) is 25.6. The van der Waals surface area contributed by atoms with Gasteiger partial charge in [0, 0.05) is 43.1 Å². The van der Waals surface area contributed by atoms with E-state index in [-0.39, 0.29) is 0 Å². The third-order valence-corrected chi connectivity index (χ3v) is 11.5. The van der Waals surface area contributed by atoms with E-state index in [1.165, 1.54) is 0 Å². The summed E-state index contributed by atoms with van der Waals surface area (Å²) in [6.45, 7) is 8.11. The van der Waals surface area contributed by atoms with Gasteiger partial charge in [-0.05, 0) is 138 Å². The lowest BCUT2D eigenvalue weighted by Gasteiger charge is -2.32. The van der Waals surface area contributed by atoms with Crippen LogP contribution in [-0.4, -0.2) is 80.5 Å². The van der Waals surface area contributed by atoms with Gasteiger partial charge in [-0.2, -0.15) is 10.2 Å². The Bertz CT molecular complexity index is 2010. The number of hydrogen-bond donors (Lipinski definition) is 0. The second-order valence-electron chi connectivity index (χ2n) is 12.9. The minimum Gasteiger partial charge on any atom is -0.493 e. The van der Waals surface area contributed by atoms with Crippen LogP contribution in [0.5, 0.6) is 34.5 Å². The van der Waals surface area contributed by atoms with E-state index >= 15 is 0 Å². The summed E-state index contributed by atoms with van der Waals surface area (Å²) in [5, 5.41) is 8.83. The number of methoxy groups -OCH3 is 6. The van der Waals surface area contributed by atoms with Crippen LogP contribution >= 0.6 is 67.8 Å². The first-order valence-electron chi connectivity index (χ1n) is 16.6. The lowest BCUT2D eigenvalue weighted by Crippen LogP contribution is -2.41. The van der Waals surface area contributed by atoms with Gasteiger partial charge in [-0.25, -0.2) is 0 Å². The minimum atomic E-state index is -0.522. The maximum atomic E-state index is 6.16. The molecule has 0 amide bonds. The standard InChI is InChI=1S/C18H25BN2O4.C12H13IN2O2.C8H8I2O2/c1-17(2)18(3,4)25-19(24-17)13-9-8-12(14-10-11-21(5)20-14)15(22-6)16(13)23-7;1-15-7-6-10(14-15)8-4-5-9(13)12(17-3)11(8)16-2;1-11-7-5(9)3-4-6(10)8(7)12-2/h8-11H,1-7H3;4-7H,1-3H3;3-4H,1-2H3. The Morgan fingerprint density at radius 1 is 0.500 bits per heavy atom. The summed E-state index contributed by atoms with van der Waals surface area (Å²) in [5.41, 5.74) is 3.45. The second-order valence-corrected chi connectivity index (χ2v) is 16.4. The van der Waals surface area contributed by atoms with Crippen molar-refractivity contribution in [3.8, 4) is 57.0 Å². The maximum Gasteiger partial charge on any atom is 0.498 e. The zero-order chi connectivity index (χ0) is 40.0. The highest BCUT2D eigenvalue weighted by molar-refractivity contribution is 14.1. The summed E-state index contributed by atoms with van der Waals surface area (Å²) in [6.07, 6.45) is 3.79. The monoisotopic (exact) mass is 1080 g/mol. The molecular formula is C38H46BI3N4O8. The number of halogens is 3. The predicted octanol–water partition coefficient (Wildman–Crippen LogP) is 8.03. The van der Waals surface area contributed by atoms with Crippen molar-refractivity contribution in [3.63, 3.8) is 0 Å². The zero-order valence-electron chi connectivity index (χ0n) is 32.5. The van der Waals surface area contributed by atoms with Gasteiger partial charge in [0.2, 0.25) is 0 Å². The molecule has 0 bridgehead atoms. The molecule has 3 heterocycles. The fourth-order valence-electron chi connectivity index (χ4n) is 5.49. The molecule has 3 aromatic carbocycles. The summed E-state index contributed by atoms with van der Waals surface area (Å²) in [7, 11) is 13.1. The van der Waals surface area contributed by atoms with E-state index in [9.17, 15) is 0 Å². The smallest absolute Gasteiger partial charge is 0.493 e. The molecular weight excluding hydrogens is 1030 g/mol. The quantitative estimate of drug-likeness (QED) is 0.106. The molecule has 0 unspecified atom stereocenters. The summed E-state index contributed by atoms with van der Waals surface area (Å²) >= 11 is 6.66. The van der Waals surface area contributed by atoms with Crippen molar-refractivity contribution in [2.75, 3.05) is 42.7 Å². The summed E-state index contributed by atoms with van der Waals surface area (Å²) < 4.78 is 51.5. The molecule has 0 radical (unpaired) electrons. The molecule has 1 aliphatic heterocycles. The summed E-state index contributed by atoms with van der Waals surface area (Å²) in [4.78, 5) is 0. The van der Waals surface area contributed by atoms with Crippen molar-refractivity contribution in [2.24, 2.45) is 14.1 Å². The van der Waals surface area contributed by atoms with Gasteiger partial charge in [0.25, 0.3) is 0 Å². The molecule has 16 heteroatoms. The molecule has 1 fully saturated rings. The third kappa shape index (κ3) is 9.53. The average Bonchev–Trinajstić information content (AvgIpc) is 3.84. The lowest BCUT2D eigenvalue weighted by atomic mass is 9.77. The molecule has 0 aliphatic carbocycles. The van der Waals surface area contributed by atoms with Crippen LogP contribution in [0.4, 0.5) is 0 Å². The van der Waals surface area contributed by atoms with E-state index in [1.807, 2.05) is 103 Å². The van der Waals surface area contributed by atoms with E-state index in [1.54, 1.807) is 52.0 Å². The normalized spacial score (nSPS) is 13.9. The lowest BCUT2D eigenvalue weighted by molar-refractivity contribution is 0.00578. The van der Waals surface area contributed by atoms with Crippen LogP contribution in [0.15, 0.2) is 60.9 Å². The Hall–Kier alpha value is -2.95. The van der Waals surface area contributed by atoms with Gasteiger partial charge in [-0.3, -0.25) is 9.36 Å². The van der Waals surface area contributed by atoms with Gasteiger partial charge in [0.1, 0.15) is 0 Å². The first kappa shape index (κ1) is 43.8. The second kappa shape index (κ2) is 18.8. The van der Waals surface area contributed by atoms with Crippen molar-refractivity contribution in [1.29, 1.82) is 0 Å². The van der Waals surface area contributed by atoms with E-state index < -0.39 is 18.3 Å². The molecule has 0 atom stereocenters. The van der Waals surface area contributed by atoms with Crippen LogP contribution in [0.2, 0.25) is 0 Å². The molecule has 290 valence electrons. The summed E-state index contributed by atoms with van der Waals surface area (Å²) in [6, 6.07) is 15.8. The highest BCUT2D eigenvalue weighted by atomic mass is 127. The largest absolute Gasteiger partial charge is 0.498 e. The van der Waals surface area contributed by atoms with Gasteiger partial charge in [0.15, 0.2) is 34.5 Å². The topological polar surface area (TPSA) is 109 Å². The van der Waals surface area contributed by atoms with Crippen molar-refractivity contribution in [1.82, 2.24) is 19.6 Å². The number of benzene rings is 3. The Kier molecular flexibility index (Phi) is 15.2. The Labute approximate surface area is 359 Å². The van der Waals surface area contributed by atoms with Gasteiger partial charge < -0.3 is 37.7 Å². The molecule has 1 aliphatic rings. The van der Waals surface area contributed by atoms with E-state index in [4.69, 9.17) is 37.7 Å². The van der Waals surface area contributed by atoms with Crippen LogP contribution in [0.1, 0.15) is 27.7 Å². The molecule has 12 nitrogen and oxygen atoms in total. The molecule has 2 aromatic heterocycles. The minimum absolute atomic E-state index is 0.421. The Morgan fingerprint density at radius 2 is 0.833 bits per heavy atom. The fraction of sp³-hybridized carbons (Fsp3) is 0.368. The number of aromatic nitrogens is 4. The van der Waals surface area contributed by atoms with Crippen LogP contribution in [0.3, 0.4) is 0 Å². The number of nitrogens with zero attached hydrogens (tertiary/aromatic N) is 4. The molecule has 6 rings (SSSR count). The van der Waals surface area contributed by atoms with Crippen molar-refractivity contribution in [2.45, 2.75) is 38.9 Å². The number of aryl methyl sites for hydroxylation is 2. The van der Waals surface area contributed by atoms with Gasteiger partial charge in [-0.15, -0.1) is 0 Å². The average molecular weight is 1080 g/mol. The SMILES string of the molecule is COc1c(B2OC(C)(C)C(C)(C)O2)ccc(-c2ccn(C)n2)c1OC.COc1c(I)ccc(-c2ccn(C)n2)c1OC.COc1c(I)ccc(I)c1OC. The molecule has 5 aromatic rings. The molecule has 54 heavy (non-hydrogen) atoms. The number of rotatable bonds is 9. The Balaban J connectivity index is 0.000000194. The van der Waals surface area contributed by atoms with Crippen molar-refractivity contribution < 1.29 is 37.7 Å². The van der Waals surface area contributed by atoms with Crippen LogP contribution < -0.4 is 33.9 Å². The van der Waals surface area contributed by atoms with E-state index in [0.717, 1.165) is 61.7 Å². The van der Waals surface area contributed by atoms with Crippen LogP contribution in [-0.2, 0) is 23.4 Å².